The zero-order valence-electron chi connectivity index (χ0n) is 10.6. The number of hydrogen-bond donors (Lipinski definition) is 2. The van der Waals surface area contributed by atoms with Crippen LogP contribution in [0.25, 0.3) is 0 Å². The Balaban J connectivity index is 0.00000180. The molecule has 1 saturated heterocycles. The van der Waals surface area contributed by atoms with Crippen LogP contribution in [0.3, 0.4) is 0 Å². The highest BCUT2D eigenvalue weighted by atomic mass is 35.5. The molecule has 1 aromatic carbocycles. The molecule has 1 aliphatic heterocycles. The Hall–Kier alpha value is -0.690. The van der Waals surface area contributed by atoms with Gasteiger partial charge in [-0.05, 0) is 50.1 Å². The van der Waals surface area contributed by atoms with E-state index >= 15 is 0 Å². The van der Waals surface area contributed by atoms with Gasteiger partial charge in [0.2, 0.25) is 10.0 Å². The molecule has 1 fully saturated rings. The number of rotatable bonds is 3. The highest BCUT2D eigenvalue weighted by Crippen LogP contribution is 2.17. The molecule has 108 valence electrons. The normalized spacial score (nSPS) is 19.8. The van der Waals surface area contributed by atoms with Crippen LogP contribution in [0, 0.1) is 12.7 Å². The molecule has 1 heterocycles. The molecule has 0 saturated carbocycles. The SMILES string of the molecule is Cc1cc(F)ccc1S(=O)(=O)N[C@H]1CCCNC1.Cl. The Morgan fingerprint density at radius 3 is 2.74 bits per heavy atom. The summed E-state index contributed by atoms with van der Waals surface area (Å²) in [5.41, 5.74) is 0.422. The Kier molecular flexibility index (Phi) is 5.73. The number of halogens is 2. The van der Waals surface area contributed by atoms with Crippen molar-refractivity contribution in [3.05, 3.63) is 29.6 Å². The van der Waals surface area contributed by atoms with Crippen molar-refractivity contribution in [2.45, 2.75) is 30.7 Å². The van der Waals surface area contributed by atoms with Crippen molar-refractivity contribution < 1.29 is 12.8 Å². The van der Waals surface area contributed by atoms with Gasteiger partial charge in [-0.3, -0.25) is 0 Å². The van der Waals surface area contributed by atoms with Crippen LogP contribution in [-0.2, 0) is 10.0 Å². The lowest BCUT2D eigenvalue weighted by Crippen LogP contribution is -2.45. The maximum Gasteiger partial charge on any atom is 0.241 e. The molecule has 1 aromatic rings. The number of benzene rings is 1. The van der Waals surface area contributed by atoms with Crippen LogP contribution in [-0.4, -0.2) is 27.5 Å². The van der Waals surface area contributed by atoms with E-state index in [0.29, 0.717) is 12.1 Å². The van der Waals surface area contributed by atoms with E-state index in [0.717, 1.165) is 19.4 Å². The second-order valence-corrected chi connectivity index (χ2v) is 6.26. The molecule has 2 N–H and O–H groups in total. The molecule has 0 aliphatic carbocycles. The molecule has 0 unspecified atom stereocenters. The van der Waals surface area contributed by atoms with Crippen LogP contribution in [0.2, 0.25) is 0 Å². The molecule has 0 spiro atoms. The first-order valence-corrected chi connectivity index (χ1v) is 7.46. The number of nitrogens with one attached hydrogen (secondary N) is 2. The van der Waals surface area contributed by atoms with Crippen molar-refractivity contribution in [1.29, 1.82) is 0 Å². The average molecular weight is 309 g/mol. The fourth-order valence-electron chi connectivity index (χ4n) is 2.15. The van der Waals surface area contributed by atoms with Gasteiger partial charge in [-0.2, -0.15) is 0 Å². The van der Waals surface area contributed by atoms with E-state index in [2.05, 4.69) is 10.0 Å². The van der Waals surface area contributed by atoms with Gasteiger partial charge in [-0.25, -0.2) is 17.5 Å². The topological polar surface area (TPSA) is 58.2 Å². The summed E-state index contributed by atoms with van der Waals surface area (Å²) >= 11 is 0. The van der Waals surface area contributed by atoms with Gasteiger partial charge in [-0.15, -0.1) is 12.4 Å². The average Bonchev–Trinajstić information content (AvgIpc) is 2.29. The summed E-state index contributed by atoms with van der Waals surface area (Å²) in [6.45, 7) is 3.16. The van der Waals surface area contributed by atoms with Gasteiger partial charge in [-0.1, -0.05) is 0 Å². The second kappa shape index (κ2) is 6.65. The van der Waals surface area contributed by atoms with Crippen LogP contribution >= 0.6 is 12.4 Å². The van der Waals surface area contributed by atoms with Crippen molar-refractivity contribution in [2.24, 2.45) is 0 Å². The Morgan fingerprint density at radius 2 is 2.16 bits per heavy atom. The van der Waals surface area contributed by atoms with Crippen LogP contribution in [0.1, 0.15) is 18.4 Å². The highest BCUT2D eigenvalue weighted by molar-refractivity contribution is 7.89. The van der Waals surface area contributed by atoms with Crippen LogP contribution in [0.4, 0.5) is 4.39 Å². The monoisotopic (exact) mass is 308 g/mol. The summed E-state index contributed by atoms with van der Waals surface area (Å²) in [6, 6.07) is 3.62. The molecular weight excluding hydrogens is 291 g/mol. The van der Waals surface area contributed by atoms with Gasteiger partial charge >= 0.3 is 0 Å². The number of piperidine rings is 1. The Labute approximate surface area is 119 Å². The molecule has 19 heavy (non-hydrogen) atoms. The number of sulfonamides is 1. The fraction of sp³-hybridized carbons (Fsp3) is 0.500. The molecule has 0 aromatic heterocycles. The lowest BCUT2D eigenvalue weighted by molar-refractivity contribution is 0.428. The van der Waals surface area contributed by atoms with Gasteiger partial charge in [0.1, 0.15) is 5.82 Å². The summed E-state index contributed by atoms with van der Waals surface area (Å²) in [5, 5.41) is 3.15. The van der Waals surface area contributed by atoms with Crippen molar-refractivity contribution in [2.75, 3.05) is 13.1 Å². The van der Waals surface area contributed by atoms with Crippen molar-refractivity contribution in [3.63, 3.8) is 0 Å². The van der Waals surface area contributed by atoms with E-state index in [1.807, 2.05) is 0 Å². The highest BCUT2D eigenvalue weighted by Gasteiger charge is 2.23. The predicted molar refractivity (Wildman–Crippen MR) is 74.6 cm³/mol. The van der Waals surface area contributed by atoms with E-state index in [9.17, 15) is 12.8 Å². The zero-order chi connectivity index (χ0) is 13.2. The number of hydrogen-bond acceptors (Lipinski definition) is 3. The summed E-state index contributed by atoms with van der Waals surface area (Å²) in [6.07, 6.45) is 1.78. The second-order valence-electron chi connectivity index (χ2n) is 4.57. The third-order valence-corrected chi connectivity index (χ3v) is 4.73. The van der Waals surface area contributed by atoms with Crippen molar-refractivity contribution in [1.82, 2.24) is 10.0 Å². The minimum Gasteiger partial charge on any atom is -0.315 e. The zero-order valence-corrected chi connectivity index (χ0v) is 12.3. The van der Waals surface area contributed by atoms with Crippen LogP contribution in [0.5, 0.6) is 0 Å². The predicted octanol–water partition coefficient (Wildman–Crippen LogP) is 1.59. The smallest absolute Gasteiger partial charge is 0.241 e. The molecule has 0 bridgehead atoms. The van der Waals surface area contributed by atoms with Gasteiger partial charge in [0.15, 0.2) is 0 Å². The minimum atomic E-state index is -3.56. The third-order valence-electron chi connectivity index (χ3n) is 3.05. The first-order chi connectivity index (χ1) is 8.49. The molecule has 2 rings (SSSR count). The fourth-order valence-corrected chi connectivity index (χ4v) is 3.65. The van der Waals surface area contributed by atoms with E-state index in [1.165, 1.54) is 18.2 Å². The van der Waals surface area contributed by atoms with Crippen LogP contribution in [0.15, 0.2) is 23.1 Å². The Morgan fingerprint density at radius 1 is 1.42 bits per heavy atom. The van der Waals surface area contributed by atoms with Crippen LogP contribution < -0.4 is 10.0 Å². The van der Waals surface area contributed by atoms with E-state index in [4.69, 9.17) is 0 Å². The van der Waals surface area contributed by atoms with Gasteiger partial charge in [0.05, 0.1) is 4.90 Å². The molecule has 7 heteroatoms. The summed E-state index contributed by atoms with van der Waals surface area (Å²) < 4.78 is 40.0. The largest absolute Gasteiger partial charge is 0.315 e. The van der Waals surface area contributed by atoms with E-state index < -0.39 is 15.8 Å². The maximum atomic E-state index is 13.0. The maximum absolute atomic E-state index is 13.0. The molecular formula is C12H18ClFN2O2S. The summed E-state index contributed by atoms with van der Waals surface area (Å²) in [7, 11) is -3.56. The van der Waals surface area contributed by atoms with Gasteiger partial charge in [0, 0.05) is 12.6 Å². The molecule has 4 nitrogen and oxygen atoms in total. The van der Waals surface area contributed by atoms with E-state index in [-0.39, 0.29) is 23.3 Å². The van der Waals surface area contributed by atoms with E-state index in [1.54, 1.807) is 6.92 Å². The third kappa shape index (κ3) is 4.14. The summed E-state index contributed by atoms with van der Waals surface area (Å²) in [4.78, 5) is 0.148. The molecule has 0 amide bonds. The Bertz CT molecular complexity index is 531. The lowest BCUT2D eigenvalue weighted by Gasteiger charge is -2.24. The van der Waals surface area contributed by atoms with Gasteiger partial charge in [0.25, 0.3) is 0 Å². The quantitative estimate of drug-likeness (QED) is 0.891. The minimum absolute atomic E-state index is 0. The first-order valence-electron chi connectivity index (χ1n) is 5.98. The lowest BCUT2D eigenvalue weighted by atomic mass is 10.1. The number of aryl methyl sites for hydroxylation is 1. The first kappa shape index (κ1) is 16.4. The van der Waals surface area contributed by atoms with Crippen molar-refractivity contribution >= 4 is 22.4 Å². The molecule has 1 atom stereocenters. The standard InChI is InChI=1S/C12H17FN2O2S.ClH/c1-9-7-10(13)4-5-12(9)18(16,17)15-11-3-2-6-14-8-11;/h4-5,7,11,14-15H,2-3,6,8H2,1H3;1H/t11-;/m0./s1. The van der Waals surface area contributed by atoms with Gasteiger partial charge < -0.3 is 5.32 Å². The molecule has 0 radical (unpaired) electrons. The molecule has 1 aliphatic rings. The van der Waals surface area contributed by atoms with Crippen molar-refractivity contribution in [3.8, 4) is 0 Å². The summed E-state index contributed by atoms with van der Waals surface area (Å²) in [5.74, 6) is -0.425.